The van der Waals surface area contributed by atoms with Crippen LogP contribution in [0.25, 0.3) is 0 Å². The normalized spacial score (nSPS) is 10.5. The zero-order valence-corrected chi connectivity index (χ0v) is 10.9. The van der Waals surface area contributed by atoms with Crippen molar-refractivity contribution in [1.82, 2.24) is 0 Å². The smallest absolute Gasteiger partial charge is 0.185 e. The van der Waals surface area contributed by atoms with Crippen LogP contribution in [0.3, 0.4) is 0 Å². The van der Waals surface area contributed by atoms with Gasteiger partial charge in [0, 0.05) is 18.2 Å². The summed E-state index contributed by atoms with van der Waals surface area (Å²) in [5.41, 5.74) is -0.687. The van der Waals surface area contributed by atoms with E-state index in [4.69, 9.17) is 4.74 Å². The van der Waals surface area contributed by atoms with E-state index in [0.29, 0.717) is 0 Å². The molecule has 2 rings (SSSR count). The van der Waals surface area contributed by atoms with Crippen LogP contribution in [0.2, 0.25) is 0 Å². The molecule has 0 bridgehead atoms. The highest BCUT2D eigenvalue weighted by Crippen LogP contribution is 2.31. The average Bonchev–Trinajstić information content (AvgIpc) is 2.46. The molecule has 7 heteroatoms. The SMILES string of the molecule is COc1cccc(CNc2c(F)c(F)cc(F)c2F)c1O. The van der Waals surface area contributed by atoms with Crippen molar-refractivity contribution in [3.05, 3.63) is 53.1 Å². The van der Waals surface area contributed by atoms with E-state index < -0.39 is 29.0 Å². The molecule has 2 aromatic rings. The van der Waals surface area contributed by atoms with Crippen LogP contribution in [-0.2, 0) is 6.54 Å². The first-order valence-corrected chi connectivity index (χ1v) is 5.87. The van der Waals surface area contributed by atoms with Gasteiger partial charge in [-0.25, -0.2) is 17.6 Å². The van der Waals surface area contributed by atoms with Crippen LogP contribution in [0.5, 0.6) is 11.5 Å². The number of para-hydroxylation sites is 1. The topological polar surface area (TPSA) is 41.5 Å². The van der Waals surface area contributed by atoms with Gasteiger partial charge in [-0.1, -0.05) is 12.1 Å². The molecule has 0 unspecified atom stereocenters. The average molecular weight is 301 g/mol. The second kappa shape index (κ2) is 5.90. The lowest BCUT2D eigenvalue weighted by Gasteiger charge is -2.12. The van der Waals surface area contributed by atoms with Gasteiger partial charge in [0.2, 0.25) is 0 Å². The van der Waals surface area contributed by atoms with E-state index >= 15 is 0 Å². The van der Waals surface area contributed by atoms with Crippen molar-refractivity contribution in [3.8, 4) is 11.5 Å². The van der Waals surface area contributed by atoms with Crippen LogP contribution >= 0.6 is 0 Å². The largest absolute Gasteiger partial charge is 0.504 e. The zero-order chi connectivity index (χ0) is 15.6. The maximum Gasteiger partial charge on any atom is 0.185 e. The Balaban J connectivity index is 2.29. The van der Waals surface area contributed by atoms with E-state index in [1.165, 1.54) is 19.2 Å². The number of anilines is 1. The van der Waals surface area contributed by atoms with Gasteiger partial charge in [-0.15, -0.1) is 0 Å². The Labute approximate surface area is 117 Å². The van der Waals surface area contributed by atoms with E-state index in [9.17, 15) is 22.7 Å². The summed E-state index contributed by atoms with van der Waals surface area (Å²) in [5.74, 6) is -6.14. The van der Waals surface area contributed by atoms with Crippen molar-refractivity contribution in [1.29, 1.82) is 0 Å². The Bertz CT molecular complexity index is 650. The quantitative estimate of drug-likeness (QED) is 0.670. The molecular weight excluding hydrogens is 290 g/mol. The lowest BCUT2D eigenvalue weighted by atomic mass is 10.1. The predicted octanol–water partition coefficient (Wildman–Crippen LogP) is 3.57. The summed E-state index contributed by atoms with van der Waals surface area (Å²) in [4.78, 5) is 0. The third kappa shape index (κ3) is 2.86. The minimum Gasteiger partial charge on any atom is -0.504 e. The monoisotopic (exact) mass is 301 g/mol. The molecule has 2 aromatic carbocycles. The Morgan fingerprint density at radius 3 is 2.29 bits per heavy atom. The minimum atomic E-state index is -1.53. The standard InChI is InChI=1S/C14H11F4NO2/c1-21-10-4-2-3-7(14(10)20)6-19-13-11(17)8(15)5-9(16)12(13)18/h2-5,19-20H,6H2,1H3. The number of rotatable bonds is 4. The van der Waals surface area contributed by atoms with E-state index in [-0.39, 0.29) is 29.7 Å². The van der Waals surface area contributed by atoms with Gasteiger partial charge >= 0.3 is 0 Å². The highest BCUT2D eigenvalue weighted by Gasteiger charge is 2.19. The first-order valence-electron chi connectivity index (χ1n) is 5.87. The molecule has 0 saturated heterocycles. The zero-order valence-electron chi connectivity index (χ0n) is 10.9. The predicted molar refractivity (Wildman–Crippen MR) is 68.3 cm³/mol. The summed E-state index contributed by atoms with van der Waals surface area (Å²) in [6, 6.07) is 4.63. The second-order valence-electron chi connectivity index (χ2n) is 4.16. The van der Waals surface area contributed by atoms with Gasteiger partial charge in [-0.2, -0.15) is 0 Å². The van der Waals surface area contributed by atoms with Gasteiger partial charge in [0.25, 0.3) is 0 Å². The highest BCUT2D eigenvalue weighted by molar-refractivity contribution is 5.51. The van der Waals surface area contributed by atoms with Crippen LogP contribution in [0.15, 0.2) is 24.3 Å². The van der Waals surface area contributed by atoms with E-state index in [0.717, 1.165) is 0 Å². The summed E-state index contributed by atoms with van der Waals surface area (Å²) in [5, 5.41) is 12.0. The summed E-state index contributed by atoms with van der Waals surface area (Å²) < 4.78 is 57.9. The number of hydrogen-bond acceptors (Lipinski definition) is 3. The molecule has 112 valence electrons. The number of benzene rings is 2. The van der Waals surface area contributed by atoms with Crippen molar-refractivity contribution in [2.75, 3.05) is 12.4 Å². The molecule has 0 amide bonds. The van der Waals surface area contributed by atoms with Crippen LogP contribution in [0.4, 0.5) is 23.2 Å². The number of nitrogens with one attached hydrogen (secondary N) is 1. The van der Waals surface area contributed by atoms with Gasteiger partial charge in [-0.3, -0.25) is 0 Å². The maximum atomic E-state index is 13.5. The van der Waals surface area contributed by atoms with Gasteiger partial charge in [-0.05, 0) is 6.07 Å². The molecular formula is C14H11F4NO2. The lowest BCUT2D eigenvalue weighted by molar-refractivity contribution is 0.371. The van der Waals surface area contributed by atoms with Crippen LogP contribution in [0.1, 0.15) is 5.56 Å². The Hall–Kier alpha value is -2.44. The van der Waals surface area contributed by atoms with E-state index in [1.54, 1.807) is 6.07 Å². The fraction of sp³-hybridized carbons (Fsp3) is 0.143. The molecule has 0 aliphatic heterocycles. The van der Waals surface area contributed by atoms with Gasteiger partial charge in [0.05, 0.1) is 7.11 Å². The summed E-state index contributed by atoms with van der Waals surface area (Å²) in [6.07, 6.45) is 0. The molecule has 0 aromatic heterocycles. The lowest BCUT2D eigenvalue weighted by Crippen LogP contribution is -2.07. The minimum absolute atomic E-state index is 0.124. The summed E-state index contributed by atoms with van der Waals surface area (Å²) >= 11 is 0. The first-order chi connectivity index (χ1) is 9.95. The Morgan fingerprint density at radius 1 is 1.10 bits per heavy atom. The number of hydrogen-bond donors (Lipinski definition) is 2. The van der Waals surface area contributed by atoms with Gasteiger partial charge < -0.3 is 15.2 Å². The molecule has 0 spiro atoms. The molecule has 0 radical (unpaired) electrons. The van der Waals surface area contributed by atoms with Gasteiger partial charge in [0.1, 0.15) is 5.69 Å². The molecule has 2 N–H and O–H groups in total. The number of halogens is 4. The summed E-state index contributed by atoms with van der Waals surface area (Å²) in [7, 11) is 1.34. The third-order valence-corrected chi connectivity index (χ3v) is 2.87. The van der Waals surface area contributed by atoms with Gasteiger partial charge in [0.15, 0.2) is 34.8 Å². The Kier molecular flexibility index (Phi) is 4.21. The number of phenolic OH excluding ortho intramolecular Hbond substituents is 1. The molecule has 0 heterocycles. The van der Waals surface area contributed by atoms with Crippen molar-refractivity contribution in [2.24, 2.45) is 0 Å². The number of aromatic hydroxyl groups is 1. The molecule has 0 aliphatic carbocycles. The summed E-state index contributed by atoms with van der Waals surface area (Å²) in [6.45, 7) is -0.250. The highest BCUT2D eigenvalue weighted by atomic mass is 19.2. The Morgan fingerprint density at radius 2 is 1.71 bits per heavy atom. The first kappa shape index (κ1) is 15.0. The maximum absolute atomic E-state index is 13.5. The van der Waals surface area contributed by atoms with Crippen LogP contribution in [-0.4, -0.2) is 12.2 Å². The molecule has 3 nitrogen and oxygen atoms in total. The fourth-order valence-corrected chi connectivity index (χ4v) is 1.79. The van der Waals surface area contributed by atoms with Crippen molar-refractivity contribution in [2.45, 2.75) is 6.54 Å². The number of ether oxygens (including phenoxy) is 1. The molecule has 0 aliphatic rings. The molecule has 0 saturated carbocycles. The third-order valence-electron chi connectivity index (χ3n) is 2.87. The second-order valence-corrected chi connectivity index (χ2v) is 4.16. The van der Waals surface area contributed by atoms with Crippen molar-refractivity contribution >= 4 is 5.69 Å². The molecule has 21 heavy (non-hydrogen) atoms. The number of methoxy groups -OCH3 is 1. The van der Waals surface area contributed by atoms with Crippen molar-refractivity contribution < 1.29 is 27.4 Å². The number of phenols is 1. The van der Waals surface area contributed by atoms with E-state index in [2.05, 4.69) is 5.32 Å². The molecule has 0 fully saturated rings. The van der Waals surface area contributed by atoms with Crippen LogP contribution < -0.4 is 10.1 Å². The van der Waals surface area contributed by atoms with E-state index in [1.807, 2.05) is 0 Å². The van der Waals surface area contributed by atoms with Crippen LogP contribution in [0, 0.1) is 23.3 Å². The molecule has 0 atom stereocenters. The van der Waals surface area contributed by atoms with Crippen molar-refractivity contribution in [3.63, 3.8) is 0 Å². The fourth-order valence-electron chi connectivity index (χ4n) is 1.79.